The number of thiazole rings is 1. The molecule has 388 valence electrons. The van der Waals surface area contributed by atoms with Crippen LogP contribution in [0.3, 0.4) is 0 Å². The van der Waals surface area contributed by atoms with Crippen LogP contribution in [-0.4, -0.2) is 132 Å². The average molecular weight is 1050 g/mol. The normalized spacial score (nSPS) is 23.3. The first-order valence-electron chi connectivity index (χ1n) is 24.6. The highest BCUT2D eigenvalue weighted by molar-refractivity contribution is 7.10. The number of benzene rings is 1. The van der Waals surface area contributed by atoms with Crippen molar-refractivity contribution in [1.29, 1.82) is 0 Å². The fourth-order valence-corrected chi connectivity index (χ4v) is 12.2. The van der Waals surface area contributed by atoms with E-state index in [0.717, 1.165) is 20.2 Å². The second-order valence-electron chi connectivity index (χ2n) is 19.9. The summed E-state index contributed by atoms with van der Waals surface area (Å²) in [5, 5.41) is 4.37. The fraction of sp³-hybridized carbons (Fsp3) is 0.434. The van der Waals surface area contributed by atoms with Gasteiger partial charge in [-0.2, -0.15) is 0 Å². The third-order valence-electron chi connectivity index (χ3n) is 14.7. The maximum Gasteiger partial charge on any atom is 0.411 e. The maximum atomic E-state index is 16.0. The molecule has 5 amide bonds. The van der Waals surface area contributed by atoms with Crippen LogP contribution in [-0.2, 0) is 62.4 Å². The van der Waals surface area contributed by atoms with Gasteiger partial charge < -0.3 is 33.3 Å². The molecule has 21 heteroatoms. The first-order chi connectivity index (χ1) is 35.6. The predicted molar refractivity (Wildman–Crippen MR) is 266 cm³/mol. The van der Waals surface area contributed by atoms with E-state index in [4.69, 9.17) is 18.6 Å². The number of aryl methyl sites for hydroxylation is 2. The van der Waals surface area contributed by atoms with E-state index in [2.05, 4.69) is 9.97 Å². The first-order valence-corrected chi connectivity index (χ1v) is 26.3. The molecule has 8 heterocycles. The number of aromatic nitrogens is 2. The quantitative estimate of drug-likeness (QED) is 0.0244. The van der Waals surface area contributed by atoms with Crippen LogP contribution in [0, 0.1) is 11.3 Å². The standard InChI is InChI=1S/C53H57N7O12S2/c1-6-32(2)53(56(31-61)27-34-11-8-7-9-12-34,60-37(16-17-41-55-23-26-74-41)43(47(60)64)59-39(30-71-51(59)68)40-13-10-25-73-40)49(66)72-48(65)44(45(62)52(3,4)5)57-36(15-14-33-18-21-54-22-19-33)42(46(57)63)58-38(29-70-50(58)67)35-20-24-69-28-35/h7-13,18-26,28,31-32,36-39,42-44H,6,14-17,27,29-30H2,1-5H3/t32?,36?,37?,38-,39+,42?,43?,44-,53?/m1/s1. The van der Waals surface area contributed by atoms with Gasteiger partial charge in [0.25, 0.3) is 0 Å². The number of carbonyl (C=O) groups is 8. The minimum absolute atomic E-state index is 0.0321. The van der Waals surface area contributed by atoms with E-state index in [1.165, 1.54) is 49.9 Å². The van der Waals surface area contributed by atoms with Crippen molar-refractivity contribution in [2.45, 2.75) is 121 Å². The van der Waals surface area contributed by atoms with Crippen LogP contribution in [0.4, 0.5) is 9.59 Å². The number of β-lactam (4-membered cyclic amide) rings is 2. The molecule has 0 saturated carbocycles. The number of ether oxygens (including phenoxy) is 3. The molecule has 4 fully saturated rings. The van der Waals surface area contributed by atoms with Crippen molar-refractivity contribution in [2.75, 3.05) is 13.2 Å². The van der Waals surface area contributed by atoms with Crippen LogP contribution in [0.15, 0.2) is 107 Å². The largest absolute Gasteiger partial charge is 0.472 e. The van der Waals surface area contributed by atoms with E-state index < -0.39 is 101 Å². The maximum absolute atomic E-state index is 16.0. The Labute approximate surface area is 435 Å². The number of hydrogen-bond donors (Lipinski definition) is 0. The van der Waals surface area contributed by atoms with Gasteiger partial charge in [-0.05, 0) is 66.5 Å². The minimum atomic E-state index is -2.40. The van der Waals surface area contributed by atoms with Gasteiger partial charge in [-0.25, -0.2) is 24.2 Å². The molecule has 4 aliphatic heterocycles. The summed E-state index contributed by atoms with van der Waals surface area (Å²) in [6.07, 6.45) is 7.71. The molecule has 9 atom stereocenters. The molecule has 4 saturated heterocycles. The van der Waals surface area contributed by atoms with Gasteiger partial charge in [-0.3, -0.25) is 34.0 Å². The van der Waals surface area contributed by atoms with Crippen molar-refractivity contribution in [3.8, 4) is 0 Å². The molecule has 6 unspecified atom stereocenters. The van der Waals surface area contributed by atoms with Gasteiger partial charge in [0.1, 0.15) is 31.3 Å². The third kappa shape index (κ3) is 9.35. The number of ketones is 1. The predicted octanol–water partition coefficient (Wildman–Crippen LogP) is 6.76. The Hall–Kier alpha value is -7.26. The summed E-state index contributed by atoms with van der Waals surface area (Å²) in [5.74, 6) is -5.99. The van der Waals surface area contributed by atoms with Crippen LogP contribution in [0.2, 0.25) is 0 Å². The second-order valence-corrected chi connectivity index (χ2v) is 21.8. The van der Waals surface area contributed by atoms with Crippen LogP contribution in [0.5, 0.6) is 0 Å². The van der Waals surface area contributed by atoms with Crippen LogP contribution in [0.1, 0.15) is 92.5 Å². The lowest BCUT2D eigenvalue weighted by Crippen LogP contribution is -2.83. The molecule has 9 rings (SSSR count). The lowest BCUT2D eigenvalue weighted by molar-refractivity contribution is -0.216. The Morgan fingerprint density at radius 2 is 1.51 bits per heavy atom. The first kappa shape index (κ1) is 51.6. The highest BCUT2D eigenvalue weighted by atomic mass is 32.1. The van der Waals surface area contributed by atoms with Crippen LogP contribution < -0.4 is 0 Å². The lowest BCUT2D eigenvalue weighted by atomic mass is 9.78. The Morgan fingerprint density at radius 3 is 2.14 bits per heavy atom. The van der Waals surface area contributed by atoms with Gasteiger partial charge in [0.05, 0.1) is 35.7 Å². The summed E-state index contributed by atoms with van der Waals surface area (Å²) in [7, 11) is 0. The Morgan fingerprint density at radius 1 is 0.824 bits per heavy atom. The number of rotatable bonds is 21. The Balaban J connectivity index is 1.13. The van der Waals surface area contributed by atoms with E-state index in [1.807, 2.05) is 17.5 Å². The number of thiophene rings is 1. The van der Waals surface area contributed by atoms with Crippen molar-refractivity contribution < 1.29 is 57.0 Å². The number of esters is 2. The van der Waals surface area contributed by atoms with Crippen molar-refractivity contribution in [2.24, 2.45) is 11.3 Å². The number of amides is 5. The molecule has 5 aromatic rings. The van der Waals surface area contributed by atoms with Gasteiger partial charge in [0, 0.05) is 58.7 Å². The van der Waals surface area contributed by atoms with Gasteiger partial charge in [-0.15, -0.1) is 22.7 Å². The zero-order valence-corrected chi connectivity index (χ0v) is 43.1. The molecule has 1 aromatic carbocycles. The zero-order valence-electron chi connectivity index (χ0n) is 41.5. The van der Waals surface area contributed by atoms with Crippen LogP contribution in [0.25, 0.3) is 0 Å². The van der Waals surface area contributed by atoms with E-state index in [0.29, 0.717) is 35.4 Å². The molecule has 0 N–H and O–H groups in total. The number of pyridine rings is 1. The summed E-state index contributed by atoms with van der Waals surface area (Å²) >= 11 is 2.78. The molecule has 0 spiro atoms. The molecule has 4 aliphatic rings. The van der Waals surface area contributed by atoms with E-state index >= 15 is 14.4 Å². The number of Topliss-reactive ketones (excluding diaryl/α,β-unsaturated/α-hetero) is 1. The second kappa shape index (κ2) is 21.3. The Kier molecular flexibility index (Phi) is 14.9. The van der Waals surface area contributed by atoms with Crippen molar-refractivity contribution in [1.82, 2.24) is 34.5 Å². The van der Waals surface area contributed by atoms with Crippen LogP contribution >= 0.6 is 22.7 Å². The van der Waals surface area contributed by atoms with Crippen molar-refractivity contribution in [3.63, 3.8) is 0 Å². The van der Waals surface area contributed by atoms with Crippen molar-refractivity contribution in [3.05, 3.63) is 129 Å². The summed E-state index contributed by atoms with van der Waals surface area (Å²) in [6.45, 7) is 7.74. The summed E-state index contributed by atoms with van der Waals surface area (Å²) in [5.41, 5.74) is -1.77. The summed E-state index contributed by atoms with van der Waals surface area (Å²) in [6, 6.07) is 9.83. The molecule has 0 radical (unpaired) electrons. The van der Waals surface area contributed by atoms with Gasteiger partial charge in [0.15, 0.2) is 11.8 Å². The van der Waals surface area contributed by atoms with E-state index in [9.17, 15) is 24.0 Å². The minimum Gasteiger partial charge on any atom is -0.472 e. The zero-order chi connectivity index (χ0) is 52.5. The number of furan rings is 1. The number of likely N-dealkylation sites (tertiary alicyclic amines) is 2. The average Bonchev–Trinajstić information content (AvgIpc) is 4.28. The Bertz CT molecular complexity index is 2850. The fourth-order valence-electron chi connectivity index (χ4n) is 10.8. The third-order valence-corrected chi connectivity index (χ3v) is 16.5. The van der Waals surface area contributed by atoms with E-state index in [1.54, 1.807) is 107 Å². The van der Waals surface area contributed by atoms with Gasteiger partial charge in [0.2, 0.25) is 23.9 Å². The van der Waals surface area contributed by atoms with Gasteiger partial charge >= 0.3 is 24.1 Å². The summed E-state index contributed by atoms with van der Waals surface area (Å²) in [4.78, 5) is 134. The number of hydrogen-bond acceptors (Lipinski definition) is 16. The molecule has 0 aliphatic carbocycles. The lowest BCUT2D eigenvalue weighted by Gasteiger charge is -2.61. The highest BCUT2D eigenvalue weighted by Crippen LogP contribution is 2.48. The van der Waals surface area contributed by atoms with E-state index in [-0.39, 0.29) is 39.0 Å². The van der Waals surface area contributed by atoms with Gasteiger partial charge in [-0.1, -0.05) is 71.0 Å². The number of nitrogens with zero attached hydrogens (tertiary/aromatic N) is 7. The molecule has 4 aromatic heterocycles. The molecular weight excluding hydrogens is 991 g/mol. The topological polar surface area (TPSA) is 219 Å². The smallest absolute Gasteiger partial charge is 0.411 e. The highest BCUT2D eigenvalue weighted by Gasteiger charge is 2.69. The number of cyclic esters (lactones) is 2. The molecular formula is C53H57N7O12S2. The SMILES string of the molecule is CCC(C)C(C(=O)OC(=O)[C@@H](C(=O)C(C)(C)C)N1C(=O)C(N2C(=O)OC[C@@H]2c2ccoc2)C1CCc1ccncc1)(N(C=O)Cc1ccccc1)N1C(=O)C(N2C(=O)OC[C@H]2c2cccs2)C1CCc1nccs1. The molecule has 0 bridgehead atoms. The molecule has 74 heavy (non-hydrogen) atoms. The number of carbonyl (C=O) groups excluding carboxylic acids is 8. The molecule has 19 nitrogen and oxygen atoms in total. The van der Waals surface area contributed by atoms with Crippen molar-refractivity contribution >= 4 is 70.8 Å². The monoisotopic (exact) mass is 1050 g/mol. The summed E-state index contributed by atoms with van der Waals surface area (Å²) < 4.78 is 22.5.